The second kappa shape index (κ2) is 7.43. The number of aromatic nitrogens is 3. The molecule has 0 fully saturated rings. The molecular formula is C27H17N5O. The van der Waals surface area contributed by atoms with Gasteiger partial charge < -0.3 is 10.3 Å². The third-order valence-electron chi connectivity index (χ3n) is 6.12. The number of nitrogens with zero attached hydrogens (tertiary/aromatic N) is 3. The number of benzene rings is 2. The minimum absolute atomic E-state index is 0.153. The summed E-state index contributed by atoms with van der Waals surface area (Å²) in [7, 11) is 0. The first-order valence-electron chi connectivity index (χ1n) is 10.6. The van der Waals surface area contributed by atoms with Gasteiger partial charge in [0.1, 0.15) is 17.4 Å². The van der Waals surface area contributed by atoms with E-state index >= 15 is 0 Å². The van der Waals surface area contributed by atoms with Crippen molar-refractivity contribution in [2.24, 2.45) is 0 Å². The summed E-state index contributed by atoms with van der Waals surface area (Å²) in [5.41, 5.74) is 7.84. The molecule has 2 aromatic carbocycles. The number of carbonyl (C=O) groups excluding carboxylic acids is 1. The predicted octanol–water partition coefficient (Wildman–Crippen LogP) is 5.00. The fraction of sp³-hybridized carbons (Fsp3) is 0.0370. The summed E-state index contributed by atoms with van der Waals surface area (Å²) in [6, 6.07) is 23.3. The summed E-state index contributed by atoms with van der Waals surface area (Å²) in [6.07, 6.45) is 5.15. The van der Waals surface area contributed by atoms with E-state index in [0.29, 0.717) is 16.9 Å². The van der Waals surface area contributed by atoms with Crippen LogP contribution in [0.5, 0.6) is 0 Å². The SMILES string of the molecule is N#Cc1ccc(-c2cccc3c2-c2ccccc2C3NC(=O)c2ccnc3[nH]ccc23)cn1. The lowest BCUT2D eigenvalue weighted by Gasteiger charge is -2.17. The van der Waals surface area contributed by atoms with Gasteiger partial charge in [-0.3, -0.25) is 4.79 Å². The van der Waals surface area contributed by atoms with Crippen LogP contribution in [0.15, 0.2) is 85.3 Å². The van der Waals surface area contributed by atoms with E-state index in [9.17, 15) is 4.79 Å². The highest BCUT2D eigenvalue weighted by atomic mass is 16.1. The number of nitriles is 1. The van der Waals surface area contributed by atoms with Crippen LogP contribution in [-0.2, 0) is 0 Å². The van der Waals surface area contributed by atoms with Gasteiger partial charge in [-0.1, -0.05) is 42.5 Å². The number of amides is 1. The quantitative estimate of drug-likeness (QED) is 0.424. The van der Waals surface area contributed by atoms with Crippen LogP contribution in [-0.4, -0.2) is 20.9 Å². The van der Waals surface area contributed by atoms with Crippen LogP contribution in [0, 0.1) is 11.3 Å². The third-order valence-corrected chi connectivity index (χ3v) is 6.12. The van der Waals surface area contributed by atoms with Crippen molar-refractivity contribution in [2.45, 2.75) is 6.04 Å². The average Bonchev–Trinajstić information content (AvgIpc) is 3.47. The normalized spacial score (nSPS) is 13.8. The number of pyridine rings is 2. The number of aromatic amines is 1. The first-order chi connectivity index (χ1) is 16.2. The number of hydrogen-bond acceptors (Lipinski definition) is 4. The number of hydrogen-bond donors (Lipinski definition) is 2. The molecule has 5 aromatic rings. The fourth-order valence-electron chi connectivity index (χ4n) is 4.64. The molecule has 6 heteroatoms. The molecule has 1 unspecified atom stereocenters. The second-order valence-corrected chi connectivity index (χ2v) is 7.91. The molecule has 3 aromatic heterocycles. The summed E-state index contributed by atoms with van der Waals surface area (Å²) < 4.78 is 0. The van der Waals surface area contributed by atoms with Crippen LogP contribution < -0.4 is 5.32 Å². The van der Waals surface area contributed by atoms with E-state index in [2.05, 4.69) is 50.6 Å². The Morgan fingerprint density at radius 1 is 0.939 bits per heavy atom. The smallest absolute Gasteiger partial charge is 0.252 e. The number of rotatable bonds is 3. The van der Waals surface area contributed by atoms with Crippen molar-refractivity contribution >= 4 is 16.9 Å². The fourth-order valence-corrected chi connectivity index (χ4v) is 4.64. The lowest BCUT2D eigenvalue weighted by Crippen LogP contribution is -2.28. The Morgan fingerprint density at radius 3 is 2.64 bits per heavy atom. The van der Waals surface area contributed by atoms with Crippen LogP contribution in [0.4, 0.5) is 0 Å². The minimum Gasteiger partial charge on any atom is -0.346 e. The highest BCUT2D eigenvalue weighted by Gasteiger charge is 2.32. The van der Waals surface area contributed by atoms with E-state index in [4.69, 9.17) is 5.26 Å². The average molecular weight is 427 g/mol. The van der Waals surface area contributed by atoms with Gasteiger partial charge in [-0.2, -0.15) is 5.26 Å². The standard InChI is InChI=1S/C27H17N5O/c28-14-17-9-8-16(15-31-17)18-6-3-7-23-24(18)19-4-1-2-5-20(19)25(23)32-27(33)22-11-13-30-26-21(22)10-12-29-26/h1-13,15,25H,(H,29,30)(H,32,33). The topological polar surface area (TPSA) is 94.5 Å². The van der Waals surface area contributed by atoms with Crippen molar-refractivity contribution in [3.63, 3.8) is 0 Å². The molecule has 156 valence electrons. The van der Waals surface area contributed by atoms with Crippen LogP contribution in [0.3, 0.4) is 0 Å². The molecular weight excluding hydrogens is 410 g/mol. The molecule has 33 heavy (non-hydrogen) atoms. The molecule has 3 heterocycles. The highest BCUT2D eigenvalue weighted by molar-refractivity contribution is 6.06. The molecule has 1 aliphatic rings. The summed E-state index contributed by atoms with van der Waals surface area (Å²) in [5.74, 6) is -0.153. The van der Waals surface area contributed by atoms with E-state index in [1.165, 1.54) is 0 Å². The van der Waals surface area contributed by atoms with Gasteiger partial charge in [0.15, 0.2) is 0 Å². The molecule has 6 nitrogen and oxygen atoms in total. The summed E-state index contributed by atoms with van der Waals surface area (Å²) >= 11 is 0. The van der Waals surface area contributed by atoms with E-state index in [-0.39, 0.29) is 11.9 Å². The largest absolute Gasteiger partial charge is 0.346 e. The molecule has 0 saturated carbocycles. The van der Waals surface area contributed by atoms with Gasteiger partial charge in [0.2, 0.25) is 0 Å². The van der Waals surface area contributed by atoms with Gasteiger partial charge in [-0.25, -0.2) is 9.97 Å². The van der Waals surface area contributed by atoms with Gasteiger partial charge >= 0.3 is 0 Å². The molecule has 0 saturated heterocycles. The van der Waals surface area contributed by atoms with E-state index < -0.39 is 0 Å². The van der Waals surface area contributed by atoms with Crippen LogP contribution >= 0.6 is 0 Å². The van der Waals surface area contributed by atoms with Gasteiger partial charge in [0.05, 0.1) is 11.6 Å². The Kier molecular flexibility index (Phi) is 4.27. The summed E-state index contributed by atoms with van der Waals surface area (Å²) in [6.45, 7) is 0. The van der Waals surface area contributed by atoms with Crippen LogP contribution in [0.1, 0.15) is 33.2 Å². The zero-order valence-electron chi connectivity index (χ0n) is 17.4. The van der Waals surface area contributed by atoms with Crippen molar-refractivity contribution in [3.8, 4) is 28.3 Å². The molecule has 6 rings (SSSR count). The molecule has 1 amide bonds. The molecule has 0 aliphatic heterocycles. The Morgan fingerprint density at radius 2 is 1.79 bits per heavy atom. The number of H-pyrrole nitrogens is 1. The van der Waals surface area contributed by atoms with Gasteiger partial charge in [0.25, 0.3) is 5.91 Å². The molecule has 1 aliphatic carbocycles. The van der Waals surface area contributed by atoms with Crippen molar-refractivity contribution in [3.05, 3.63) is 108 Å². The molecule has 0 spiro atoms. The second-order valence-electron chi connectivity index (χ2n) is 7.91. The van der Waals surface area contributed by atoms with Gasteiger partial charge in [0, 0.05) is 29.5 Å². The predicted molar refractivity (Wildman–Crippen MR) is 125 cm³/mol. The maximum absolute atomic E-state index is 13.4. The first kappa shape index (κ1) is 19.0. The van der Waals surface area contributed by atoms with Crippen molar-refractivity contribution in [1.82, 2.24) is 20.3 Å². The van der Waals surface area contributed by atoms with E-state index in [1.54, 1.807) is 30.7 Å². The van der Waals surface area contributed by atoms with Crippen molar-refractivity contribution in [2.75, 3.05) is 0 Å². The van der Waals surface area contributed by atoms with E-state index in [1.807, 2.05) is 30.3 Å². The monoisotopic (exact) mass is 427 g/mol. The number of nitrogens with one attached hydrogen (secondary N) is 2. The zero-order valence-corrected chi connectivity index (χ0v) is 17.4. The third kappa shape index (κ3) is 2.99. The Labute approximate surface area is 189 Å². The highest BCUT2D eigenvalue weighted by Crippen LogP contribution is 2.47. The maximum Gasteiger partial charge on any atom is 0.252 e. The first-order valence-corrected chi connectivity index (χ1v) is 10.6. The Hall–Kier alpha value is -4.76. The maximum atomic E-state index is 13.4. The zero-order chi connectivity index (χ0) is 22.4. The Bertz CT molecular complexity index is 1580. The van der Waals surface area contributed by atoms with Gasteiger partial charge in [-0.15, -0.1) is 0 Å². The number of fused-ring (bicyclic) bond motifs is 4. The van der Waals surface area contributed by atoms with Crippen molar-refractivity contribution in [1.29, 1.82) is 5.26 Å². The Balaban J connectivity index is 1.46. The summed E-state index contributed by atoms with van der Waals surface area (Å²) in [5, 5.41) is 13.1. The summed E-state index contributed by atoms with van der Waals surface area (Å²) in [4.78, 5) is 25.0. The molecule has 0 radical (unpaired) electrons. The lowest BCUT2D eigenvalue weighted by atomic mass is 9.95. The lowest BCUT2D eigenvalue weighted by molar-refractivity contribution is 0.0945. The van der Waals surface area contributed by atoms with Gasteiger partial charge in [-0.05, 0) is 52.1 Å². The minimum atomic E-state index is -0.280. The molecule has 2 N–H and O–H groups in total. The van der Waals surface area contributed by atoms with Crippen LogP contribution in [0.25, 0.3) is 33.3 Å². The molecule has 1 atom stereocenters. The van der Waals surface area contributed by atoms with Crippen LogP contribution in [0.2, 0.25) is 0 Å². The molecule has 0 bridgehead atoms. The van der Waals surface area contributed by atoms with Crippen molar-refractivity contribution < 1.29 is 4.79 Å². The van der Waals surface area contributed by atoms with E-state index in [0.717, 1.165) is 38.8 Å². The number of carbonyl (C=O) groups is 1.